The quantitative estimate of drug-likeness (QED) is 0.840. The molecule has 0 aromatic carbocycles. The van der Waals surface area contributed by atoms with E-state index in [9.17, 15) is 0 Å². The summed E-state index contributed by atoms with van der Waals surface area (Å²) in [6.45, 7) is 4.29. The summed E-state index contributed by atoms with van der Waals surface area (Å²) in [5.41, 5.74) is 1.11. The van der Waals surface area contributed by atoms with Crippen LogP contribution in [0.3, 0.4) is 0 Å². The Hall–Kier alpha value is -0.830. The highest BCUT2D eigenvalue weighted by Crippen LogP contribution is 2.32. The van der Waals surface area contributed by atoms with Crippen LogP contribution in [0.1, 0.15) is 57.6 Å². The number of anilines is 1. The smallest absolute Gasteiger partial charge is 0.130 e. The van der Waals surface area contributed by atoms with Crippen molar-refractivity contribution in [3.63, 3.8) is 0 Å². The summed E-state index contributed by atoms with van der Waals surface area (Å²) in [6.07, 6.45) is 7.74. The molecule has 0 atom stereocenters. The number of alkyl halides is 1. The van der Waals surface area contributed by atoms with Gasteiger partial charge in [0.25, 0.3) is 0 Å². The highest BCUT2D eigenvalue weighted by atomic mass is 35.5. The molecule has 0 spiro atoms. The van der Waals surface area contributed by atoms with Gasteiger partial charge in [0, 0.05) is 17.6 Å². The molecule has 4 heteroatoms. The molecule has 1 N–H and O–H groups in total. The summed E-state index contributed by atoms with van der Waals surface area (Å²) < 4.78 is 0. The van der Waals surface area contributed by atoms with Gasteiger partial charge in [-0.3, -0.25) is 0 Å². The van der Waals surface area contributed by atoms with E-state index >= 15 is 0 Å². The second-order valence-corrected chi connectivity index (χ2v) is 5.85. The van der Waals surface area contributed by atoms with Gasteiger partial charge < -0.3 is 5.32 Å². The largest absolute Gasteiger partial charge is 0.363 e. The van der Waals surface area contributed by atoms with Crippen LogP contribution in [0.2, 0.25) is 0 Å². The lowest BCUT2D eigenvalue weighted by Crippen LogP contribution is -2.42. The molecular weight excluding hydrogens is 246 g/mol. The average molecular weight is 268 g/mol. The van der Waals surface area contributed by atoms with E-state index in [0.29, 0.717) is 11.8 Å². The number of nitrogens with one attached hydrogen (secondary N) is 1. The Morgan fingerprint density at radius 2 is 2.00 bits per heavy atom. The maximum absolute atomic E-state index is 6.18. The molecule has 3 nitrogen and oxygen atoms in total. The molecule has 0 aliphatic heterocycles. The van der Waals surface area contributed by atoms with Crippen molar-refractivity contribution < 1.29 is 0 Å². The number of aromatic nitrogens is 2. The fourth-order valence-electron chi connectivity index (χ4n) is 2.55. The van der Waals surface area contributed by atoms with Crippen LogP contribution in [0, 0.1) is 0 Å². The first kappa shape index (κ1) is 13.6. The molecule has 0 bridgehead atoms. The predicted molar refractivity (Wildman–Crippen MR) is 76.3 cm³/mol. The number of nitrogens with zero attached hydrogens (tertiary/aromatic N) is 2. The van der Waals surface area contributed by atoms with Gasteiger partial charge in [-0.1, -0.05) is 33.1 Å². The average Bonchev–Trinajstić information content (AvgIpc) is 2.40. The fourth-order valence-corrected chi connectivity index (χ4v) is 2.88. The van der Waals surface area contributed by atoms with Crippen molar-refractivity contribution in [3.8, 4) is 0 Å². The van der Waals surface area contributed by atoms with Crippen LogP contribution in [0.15, 0.2) is 12.4 Å². The van der Waals surface area contributed by atoms with Crippen LogP contribution in [0.4, 0.5) is 5.82 Å². The molecular formula is C14H22ClN3. The minimum absolute atomic E-state index is 0.0302. The maximum atomic E-state index is 6.18. The fraction of sp³-hybridized carbons (Fsp3) is 0.714. The van der Waals surface area contributed by atoms with E-state index in [-0.39, 0.29) is 5.54 Å². The van der Waals surface area contributed by atoms with E-state index in [1.54, 1.807) is 6.33 Å². The molecule has 1 fully saturated rings. The van der Waals surface area contributed by atoms with E-state index in [4.69, 9.17) is 11.6 Å². The molecule has 0 amide bonds. The first-order valence-corrected chi connectivity index (χ1v) is 7.35. The van der Waals surface area contributed by atoms with Crippen LogP contribution in [-0.2, 0) is 0 Å². The van der Waals surface area contributed by atoms with Crippen molar-refractivity contribution in [3.05, 3.63) is 18.1 Å². The van der Waals surface area contributed by atoms with Gasteiger partial charge in [0.15, 0.2) is 0 Å². The number of hydrogen-bond acceptors (Lipinski definition) is 3. The SMILES string of the molecule is CC(C)c1cc(NC2(CCl)CCCCC2)ncn1. The Morgan fingerprint density at radius 1 is 1.28 bits per heavy atom. The summed E-state index contributed by atoms with van der Waals surface area (Å²) in [5.74, 6) is 1.98. The zero-order valence-corrected chi connectivity index (χ0v) is 12.0. The first-order chi connectivity index (χ1) is 8.65. The third kappa shape index (κ3) is 3.14. The first-order valence-electron chi connectivity index (χ1n) is 6.81. The highest BCUT2D eigenvalue weighted by Gasteiger charge is 2.31. The standard InChI is InChI=1S/C14H22ClN3/c1-11(2)12-8-13(17-10-16-12)18-14(9-15)6-4-3-5-7-14/h8,10-11H,3-7,9H2,1-2H3,(H,16,17,18). The van der Waals surface area contributed by atoms with Gasteiger partial charge in [-0.25, -0.2) is 9.97 Å². The summed E-state index contributed by atoms with van der Waals surface area (Å²) in [6, 6.07) is 2.05. The summed E-state index contributed by atoms with van der Waals surface area (Å²) in [5, 5.41) is 3.56. The van der Waals surface area contributed by atoms with Crippen molar-refractivity contribution in [1.82, 2.24) is 9.97 Å². The Bertz CT molecular complexity index is 386. The minimum Gasteiger partial charge on any atom is -0.363 e. The third-order valence-corrected chi connectivity index (χ3v) is 4.25. The van der Waals surface area contributed by atoms with E-state index in [0.717, 1.165) is 24.4 Å². The molecule has 1 saturated carbocycles. The molecule has 1 aromatic rings. The van der Waals surface area contributed by atoms with Crippen LogP contribution >= 0.6 is 11.6 Å². The molecule has 1 heterocycles. The predicted octanol–water partition coefficient (Wildman–Crippen LogP) is 3.95. The van der Waals surface area contributed by atoms with Gasteiger partial charge in [0.2, 0.25) is 0 Å². The van der Waals surface area contributed by atoms with Gasteiger partial charge in [-0.2, -0.15) is 0 Å². The van der Waals surface area contributed by atoms with Crippen molar-refractivity contribution in [2.45, 2.75) is 57.4 Å². The Balaban J connectivity index is 2.13. The Kier molecular flexibility index (Phi) is 4.44. The van der Waals surface area contributed by atoms with E-state index in [1.165, 1.54) is 19.3 Å². The molecule has 18 heavy (non-hydrogen) atoms. The lowest BCUT2D eigenvalue weighted by Gasteiger charge is -2.37. The van der Waals surface area contributed by atoms with Gasteiger partial charge in [0.1, 0.15) is 12.1 Å². The number of hydrogen-bond donors (Lipinski definition) is 1. The van der Waals surface area contributed by atoms with Gasteiger partial charge >= 0.3 is 0 Å². The number of halogens is 1. The van der Waals surface area contributed by atoms with Crippen LogP contribution in [-0.4, -0.2) is 21.4 Å². The molecule has 0 radical (unpaired) electrons. The van der Waals surface area contributed by atoms with Crippen LogP contribution in [0.5, 0.6) is 0 Å². The second-order valence-electron chi connectivity index (χ2n) is 5.58. The summed E-state index contributed by atoms with van der Waals surface area (Å²) in [4.78, 5) is 8.62. The third-order valence-electron chi connectivity index (χ3n) is 3.74. The molecule has 2 rings (SSSR count). The van der Waals surface area contributed by atoms with Crippen LogP contribution in [0.25, 0.3) is 0 Å². The van der Waals surface area contributed by atoms with E-state index in [1.807, 2.05) is 6.07 Å². The zero-order chi connectivity index (χ0) is 13.0. The van der Waals surface area contributed by atoms with Crippen molar-refractivity contribution >= 4 is 17.4 Å². The molecule has 1 aliphatic carbocycles. The molecule has 1 aromatic heterocycles. The maximum Gasteiger partial charge on any atom is 0.130 e. The summed E-state index contributed by atoms with van der Waals surface area (Å²) in [7, 11) is 0. The van der Waals surface area contributed by atoms with Crippen LogP contribution < -0.4 is 5.32 Å². The van der Waals surface area contributed by atoms with Crippen molar-refractivity contribution in [2.75, 3.05) is 11.2 Å². The highest BCUT2D eigenvalue weighted by molar-refractivity contribution is 6.18. The summed E-state index contributed by atoms with van der Waals surface area (Å²) >= 11 is 6.18. The molecule has 0 unspecified atom stereocenters. The van der Waals surface area contributed by atoms with Gasteiger partial charge in [-0.05, 0) is 18.8 Å². The van der Waals surface area contributed by atoms with Gasteiger partial charge in [-0.15, -0.1) is 11.6 Å². The van der Waals surface area contributed by atoms with E-state index < -0.39 is 0 Å². The normalized spacial score (nSPS) is 18.9. The molecule has 0 saturated heterocycles. The van der Waals surface area contributed by atoms with E-state index in [2.05, 4.69) is 29.1 Å². The molecule has 1 aliphatic rings. The monoisotopic (exact) mass is 267 g/mol. The Morgan fingerprint density at radius 3 is 2.61 bits per heavy atom. The lowest BCUT2D eigenvalue weighted by atomic mass is 9.83. The topological polar surface area (TPSA) is 37.8 Å². The van der Waals surface area contributed by atoms with Crippen molar-refractivity contribution in [1.29, 1.82) is 0 Å². The van der Waals surface area contributed by atoms with Crippen molar-refractivity contribution in [2.24, 2.45) is 0 Å². The lowest BCUT2D eigenvalue weighted by molar-refractivity contribution is 0.352. The minimum atomic E-state index is 0.0302. The molecule has 100 valence electrons. The second kappa shape index (κ2) is 5.87. The zero-order valence-electron chi connectivity index (χ0n) is 11.2. The Labute approximate surface area is 114 Å². The van der Waals surface area contributed by atoms with Gasteiger partial charge in [0.05, 0.1) is 5.54 Å². The number of rotatable bonds is 4.